The van der Waals surface area contributed by atoms with Gasteiger partial charge in [0, 0.05) is 49.8 Å². The van der Waals surface area contributed by atoms with Crippen molar-refractivity contribution in [1.82, 2.24) is 14.9 Å². The lowest BCUT2D eigenvalue weighted by Gasteiger charge is -2.28. The number of carbonyl (C=O) groups is 1. The van der Waals surface area contributed by atoms with Crippen LogP contribution in [0.4, 0.5) is 5.82 Å². The van der Waals surface area contributed by atoms with Crippen LogP contribution in [0.25, 0.3) is 22.3 Å². The van der Waals surface area contributed by atoms with Crippen molar-refractivity contribution in [2.24, 2.45) is 0 Å². The molecule has 4 aromatic rings. The second-order valence-corrected chi connectivity index (χ2v) is 10.3. The molecule has 1 saturated heterocycles. The molecule has 2 aromatic carbocycles. The van der Waals surface area contributed by atoms with Gasteiger partial charge < -0.3 is 9.64 Å². The number of anilines is 1. The fraction of sp³-hybridized carbons (Fsp3) is 0.303. The number of hydrogen-bond donors (Lipinski definition) is 0. The van der Waals surface area contributed by atoms with E-state index in [1.54, 1.807) is 12.4 Å². The Labute approximate surface area is 231 Å². The van der Waals surface area contributed by atoms with Crippen molar-refractivity contribution in [2.75, 3.05) is 24.5 Å². The molecule has 0 saturated carbocycles. The van der Waals surface area contributed by atoms with Gasteiger partial charge in [-0.25, -0.2) is 9.78 Å². The van der Waals surface area contributed by atoms with E-state index in [-0.39, 0.29) is 12.1 Å². The molecule has 2 aromatic heterocycles. The third-order valence-electron chi connectivity index (χ3n) is 7.28. The van der Waals surface area contributed by atoms with Crippen LogP contribution in [0, 0.1) is 0 Å². The molecule has 0 radical (unpaired) electrons. The lowest BCUT2D eigenvalue weighted by molar-refractivity contribution is 0.0379. The molecule has 1 aliphatic rings. The fourth-order valence-corrected chi connectivity index (χ4v) is 5.33. The summed E-state index contributed by atoms with van der Waals surface area (Å²) in [5, 5.41) is 0. The largest absolute Gasteiger partial charge is 0.459 e. The number of rotatable bonds is 9. The van der Waals surface area contributed by atoms with Gasteiger partial charge in [0.25, 0.3) is 0 Å². The Morgan fingerprint density at radius 2 is 1.74 bits per heavy atom. The van der Waals surface area contributed by atoms with Crippen molar-refractivity contribution < 1.29 is 9.53 Å². The minimum absolute atomic E-state index is 0.208. The van der Waals surface area contributed by atoms with Gasteiger partial charge in [-0.1, -0.05) is 67.6 Å². The van der Waals surface area contributed by atoms with E-state index in [9.17, 15) is 4.79 Å². The molecule has 1 fully saturated rings. The average molecular weight is 521 g/mol. The second-order valence-electron chi connectivity index (χ2n) is 10.3. The number of nitrogens with zero attached hydrogens (tertiary/aromatic N) is 4. The summed E-state index contributed by atoms with van der Waals surface area (Å²) in [7, 11) is 0. The van der Waals surface area contributed by atoms with Crippen LogP contribution in [-0.2, 0) is 11.3 Å². The standard InChI is InChI=1S/C33H36N4O2/c1-4-36(22-25-12-14-26(15-13-25)28-11-8-18-34-21-28)29-17-20-37(23-29)32-31(33(38)39-24(2)3)30(16-19-35-32)27-9-6-5-7-10-27/h5-16,18-19,21,24,29H,4,17,20,22-23H2,1-3H3/t29-/m1/s1. The molecule has 0 unspecified atom stereocenters. The molecule has 39 heavy (non-hydrogen) atoms. The smallest absolute Gasteiger partial charge is 0.342 e. The van der Waals surface area contributed by atoms with Crippen LogP contribution in [0.5, 0.6) is 0 Å². The van der Waals surface area contributed by atoms with E-state index in [4.69, 9.17) is 9.72 Å². The first-order valence-corrected chi connectivity index (χ1v) is 13.8. The van der Waals surface area contributed by atoms with Gasteiger partial charge in [-0.2, -0.15) is 0 Å². The number of aromatic nitrogens is 2. The van der Waals surface area contributed by atoms with E-state index in [0.717, 1.165) is 49.3 Å². The highest BCUT2D eigenvalue weighted by Gasteiger charge is 2.32. The molecular formula is C33H36N4O2. The summed E-state index contributed by atoms with van der Waals surface area (Å²) in [5.41, 5.74) is 5.97. The third-order valence-corrected chi connectivity index (χ3v) is 7.28. The van der Waals surface area contributed by atoms with Crippen molar-refractivity contribution in [3.05, 3.63) is 103 Å². The van der Waals surface area contributed by atoms with Crippen LogP contribution < -0.4 is 4.90 Å². The lowest BCUT2D eigenvalue weighted by Crippen LogP contribution is -2.37. The number of likely N-dealkylation sites (N-methyl/N-ethyl adjacent to an activating group) is 1. The second kappa shape index (κ2) is 12.2. The summed E-state index contributed by atoms with van der Waals surface area (Å²) >= 11 is 0. The molecule has 200 valence electrons. The molecule has 0 N–H and O–H groups in total. The predicted octanol–water partition coefficient (Wildman–Crippen LogP) is 6.48. The highest BCUT2D eigenvalue weighted by molar-refractivity contribution is 6.02. The number of benzene rings is 2. The summed E-state index contributed by atoms with van der Waals surface area (Å²) in [6.45, 7) is 9.45. The molecule has 0 aliphatic carbocycles. The van der Waals surface area contributed by atoms with Gasteiger partial charge in [0.2, 0.25) is 0 Å². The molecule has 6 nitrogen and oxygen atoms in total. The minimum atomic E-state index is -0.323. The van der Waals surface area contributed by atoms with E-state index in [0.29, 0.717) is 17.4 Å². The number of ether oxygens (including phenoxy) is 1. The maximum absolute atomic E-state index is 13.4. The van der Waals surface area contributed by atoms with E-state index in [1.165, 1.54) is 11.1 Å². The number of pyridine rings is 2. The van der Waals surface area contributed by atoms with E-state index in [2.05, 4.69) is 52.0 Å². The summed E-state index contributed by atoms with van der Waals surface area (Å²) in [4.78, 5) is 27.1. The first-order valence-electron chi connectivity index (χ1n) is 13.8. The van der Waals surface area contributed by atoms with Gasteiger partial charge in [-0.05, 0) is 61.2 Å². The monoisotopic (exact) mass is 520 g/mol. The first kappa shape index (κ1) is 26.6. The van der Waals surface area contributed by atoms with E-state index in [1.807, 2.05) is 62.5 Å². The molecular weight excluding hydrogens is 484 g/mol. The minimum Gasteiger partial charge on any atom is -0.459 e. The zero-order valence-electron chi connectivity index (χ0n) is 23.0. The SMILES string of the molecule is CCN(Cc1ccc(-c2cccnc2)cc1)[C@@H]1CCN(c2nccc(-c3ccccc3)c2C(=O)OC(C)C)C1. The van der Waals surface area contributed by atoms with Gasteiger partial charge in [-0.15, -0.1) is 0 Å². The summed E-state index contributed by atoms with van der Waals surface area (Å²) in [5.74, 6) is 0.387. The van der Waals surface area contributed by atoms with Crippen molar-refractivity contribution >= 4 is 11.8 Å². The van der Waals surface area contributed by atoms with Crippen LogP contribution >= 0.6 is 0 Å². The van der Waals surface area contributed by atoms with Crippen LogP contribution in [-0.4, -0.2) is 52.6 Å². The Morgan fingerprint density at radius 1 is 0.974 bits per heavy atom. The van der Waals surface area contributed by atoms with Gasteiger partial charge in [0.1, 0.15) is 11.4 Å². The average Bonchev–Trinajstić information content (AvgIpc) is 3.46. The lowest BCUT2D eigenvalue weighted by atomic mass is 10.0. The van der Waals surface area contributed by atoms with Crippen LogP contribution in [0.3, 0.4) is 0 Å². The van der Waals surface area contributed by atoms with Crippen molar-refractivity contribution in [3.63, 3.8) is 0 Å². The number of esters is 1. The third kappa shape index (κ3) is 6.18. The van der Waals surface area contributed by atoms with E-state index >= 15 is 0 Å². The van der Waals surface area contributed by atoms with Gasteiger partial charge in [0.05, 0.1) is 6.10 Å². The highest BCUT2D eigenvalue weighted by Crippen LogP contribution is 2.33. The zero-order chi connectivity index (χ0) is 27.2. The fourth-order valence-electron chi connectivity index (χ4n) is 5.33. The zero-order valence-corrected chi connectivity index (χ0v) is 23.0. The molecule has 5 rings (SSSR count). The summed E-state index contributed by atoms with van der Waals surface area (Å²) in [6, 6.07) is 25.1. The summed E-state index contributed by atoms with van der Waals surface area (Å²) in [6.07, 6.45) is 6.30. The van der Waals surface area contributed by atoms with Gasteiger partial charge in [0.15, 0.2) is 0 Å². The Balaban J connectivity index is 1.35. The predicted molar refractivity (Wildman–Crippen MR) is 157 cm³/mol. The Kier molecular flexibility index (Phi) is 8.33. The number of carbonyl (C=O) groups excluding carboxylic acids is 1. The molecule has 1 aliphatic heterocycles. The van der Waals surface area contributed by atoms with Crippen molar-refractivity contribution in [3.8, 4) is 22.3 Å². The Bertz CT molecular complexity index is 1370. The van der Waals surface area contributed by atoms with Crippen LogP contribution in [0.1, 0.15) is 43.1 Å². The topological polar surface area (TPSA) is 58.6 Å². The van der Waals surface area contributed by atoms with Crippen LogP contribution in [0.15, 0.2) is 91.4 Å². The summed E-state index contributed by atoms with van der Waals surface area (Å²) < 4.78 is 5.69. The molecule has 6 heteroatoms. The highest BCUT2D eigenvalue weighted by atomic mass is 16.5. The maximum atomic E-state index is 13.4. The van der Waals surface area contributed by atoms with Gasteiger partial charge in [-0.3, -0.25) is 9.88 Å². The molecule has 3 heterocycles. The Hall–Kier alpha value is -4.03. The molecule has 1 atom stereocenters. The maximum Gasteiger partial charge on any atom is 0.342 e. The quantitative estimate of drug-likeness (QED) is 0.236. The molecule has 0 bridgehead atoms. The molecule has 0 spiro atoms. The Morgan fingerprint density at radius 3 is 2.44 bits per heavy atom. The normalized spacial score (nSPS) is 15.2. The molecule has 0 amide bonds. The van der Waals surface area contributed by atoms with Crippen molar-refractivity contribution in [1.29, 1.82) is 0 Å². The van der Waals surface area contributed by atoms with Crippen LogP contribution in [0.2, 0.25) is 0 Å². The van der Waals surface area contributed by atoms with Crippen molar-refractivity contribution in [2.45, 2.75) is 45.9 Å². The van der Waals surface area contributed by atoms with Gasteiger partial charge >= 0.3 is 5.97 Å². The number of hydrogen-bond acceptors (Lipinski definition) is 6. The first-order chi connectivity index (χ1) is 19.0. The van der Waals surface area contributed by atoms with E-state index < -0.39 is 0 Å².